The zero-order valence-electron chi connectivity index (χ0n) is 53.2. The van der Waals surface area contributed by atoms with E-state index in [9.17, 15) is 0 Å². The lowest BCUT2D eigenvalue weighted by atomic mass is 10.0. The SMILES string of the molecule is CC.CC.CC.CC.CC.CC.CC.CC.CC.CC.CC.CC.CC#N.CC#N.CC#N.c1ccc2c(c1)ccc1ccccc12.c1ccc2c(c1)ccc1ccccc12.c1ccc2c(c1)ccc1ccccc12. The van der Waals surface area contributed by atoms with Gasteiger partial charge in [0.25, 0.3) is 0 Å². The van der Waals surface area contributed by atoms with Crippen molar-refractivity contribution in [2.45, 2.75) is 187 Å². The zero-order chi connectivity index (χ0) is 60.3. The first-order chi connectivity index (χ1) is 37.1. The lowest BCUT2D eigenvalue weighted by Gasteiger charge is -2.02. The van der Waals surface area contributed by atoms with Crippen LogP contribution in [0.1, 0.15) is 187 Å². The number of nitrogens with zero attached hydrogens (tertiary/aromatic N) is 3. The molecule has 0 amide bonds. The number of rotatable bonds is 0. The van der Waals surface area contributed by atoms with Gasteiger partial charge in [-0.05, 0) is 64.6 Å². The minimum Gasteiger partial charge on any atom is -0.199 e. The molecule has 0 aliphatic carbocycles. The fraction of sp³-hybridized carbons (Fsp3) is 0.375. The van der Waals surface area contributed by atoms with E-state index in [0.29, 0.717) is 0 Å². The maximum absolute atomic E-state index is 7.32. The molecule has 9 rings (SSSR count). The Morgan fingerprint density at radius 2 is 0.253 bits per heavy atom. The fourth-order valence-electron chi connectivity index (χ4n) is 5.86. The monoisotopic (exact) mass is 1020 g/mol. The first kappa shape index (κ1) is 87.7. The second kappa shape index (κ2) is 75.9. The lowest BCUT2D eigenvalue weighted by Crippen LogP contribution is -1.75. The summed E-state index contributed by atoms with van der Waals surface area (Å²) in [7, 11) is 0. The summed E-state index contributed by atoms with van der Waals surface area (Å²) in [6.45, 7) is 52.3. The molecule has 0 bridgehead atoms. The van der Waals surface area contributed by atoms with Gasteiger partial charge < -0.3 is 0 Å². The van der Waals surface area contributed by atoms with E-state index in [0.717, 1.165) is 0 Å². The van der Waals surface area contributed by atoms with Gasteiger partial charge in [0.2, 0.25) is 0 Å². The van der Waals surface area contributed by atoms with Crippen LogP contribution in [-0.2, 0) is 0 Å². The average Bonchev–Trinajstić information content (AvgIpc) is 3.54. The van der Waals surface area contributed by atoms with Crippen molar-refractivity contribution < 1.29 is 0 Å². The van der Waals surface area contributed by atoms with Gasteiger partial charge in [0.05, 0.1) is 18.2 Å². The summed E-state index contributed by atoms with van der Waals surface area (Å²) in [6.07, 6.45) is 0. The van der Waals surface area contributed by atoms with Crippen molar-refractivity contribution in [3.8, 4) is 18.2 Å². The third-order valence-electron chi connectivity index (χ3n) is 7.96. The van der Waals surface area contributed by atoms with Crippen molar-refractivity contribution in [2.24, 2.45) is 0 Å². The molecule has 0 aliphatic rings. The largest absolute Gasteiger partial charge is 0.199 e. The summed E-state index contributed by atoms with van der Waals surface area (Å²) in [5, 5.41) is 37.9. The zero-order valence-corrected chi connectivity index (χ0v) is 53.2. The van der Waals surface area contributed by atoms with Crippen molar-refractivity contribution in [1.82, 2.24) is 0 Å². The highest BCUT2D eigenvalue weighted by atomic mass is 14.2. The minimum atomic E-state index is 1.31. The molecule has 0 atom stereocenters. The van der Waals surface area contributed by atoms with Crippen LogP contribution in [0.25, 0.3) is 64.6 Å². The second-order valence-corrected chi connectivity index (χ2v) is 11.2. The van der Waals surface area contributed by atoms with Gasteiger partial charge in [0.15, 0.2) is 0 Å². The Morgan fingerprint density at radius 3 is 0.347 bits per heavy atom. The number of fused-ring (bicyclic) bond motifs is 9. The summed E-state index contributed by atoms with van der Waals surface area (Å²) in [4.78, 5) is 0. The Labute approximate surface area is 465 Å². The van der Waals surface area contributed by atoms with Crippen molar-refractivity contribution in [2.75, 3.05) is 0 Å². The molecule has 9 aromatic carbocycles. The molecule has 0 radical (unpaired) electrons. The normalized spacial score (nSPS) is 7.36. The summed E-state index contributed by atoms with van der Waals surface area (Å²) in [6, 6.07) is 69.4. The van der Waals surface area contributed by atoms with E-state index in [2.05, 4.69) is 182 Å². The molecule has 0 unspecified atom stereocenters. The summed E-state index contributed by atoms with van der Waals surface area (Å²) in [5.41, 5.74) is 0. The highest BCUT2D eigenvalue weighted by molar-refractivity contribution is 6.09. The molecule has 0 fully saturated rings. The second-order valence-electron chi connectivity index (χ2n) is 11.2. The highest BCUT2D eigenvalue weighted by Crippen LogP contribution is 2.26. The van der Waals surface area contributed by atoms with E-state index in [4.69, 9.17) is 15.8 Å². The lowest BCUT2D eigenvalue weighted by molar-refractivity contribution is 1.49. The van der Waals surface area contributed by atoms with E-state index < -0.39 is 0 Å². The molecule has 0 heterocycles. The number of nitriles is 3. The van der Waals surface area contributed by atoms with Gasteiger partial charge in [-0.3, -0.25) is 0 Å². The highest BCUT2D eigenvalue weighted by Gasteiger charge is 1.99. The smallest absolute Gasteiger partial charge is 0.0587 e. The number of benzene rings is 9. The predicted molar refractivity (Wildman–Crippen MR) is 354 cm³/mol. The molecular formula is C72H111N3. The van der Waals surface area contributed by atoms with Crippen LogP contribution >= 0.6 is 0 Å². The van der Waals surface area contributed by atoms with E-state index in [1.165, 1.54) is 85.4 Å². The van der Waals surface area contributed by atoms with Crippen molar-refractivity contribution in [3.05, 3.63) is 182 Å². The van der Waals surface area contributed by atoms with Gasteiger partial charge in [0.1, 0.15) is 0 Å². The third kappa shape index (κ3) is 38.3. The van der Waals surface area contributed by atoms with Crippen LogP contribution in [0.4, 0.5) is 0 Å². The average molecular weight is 1020 g/mol. The third-order valence-corrected chi connectivity index (χ3v) is 7.96. The van der Waals surface area contributed by atoms with Crippen molar-refractivity contribution in [3.63, 3.8) is 0 Å². The van der Waals surface area contributed by atoms with Gasteiger partial charge in [-0.25, -0.2) is 0 Å². The molecule has 0 N–H and O–H groups in total. The molecule has 75 heavy (non-hydrogen) atoms. The molecule has 3 heteroatoms. The van der Waals surface area contributed by atoms with Crippen LogP contribution < -0.4 is 0 Å². The van der Waals surface area contributed by atoms with Crippen LogP contribution in [0.3, 0.4) is 0 Å². The minimum absolute atomic E-state index is 1.31. The Hall–Kier alpha value is -6.99. The van der Waals surface area contributed by atoms with E-state index >= 15 is 0 Å². The Morgan fingerprint density at radius 1 is 0.173 bits per heavy atom. The first-order valence-corrected chi connectivity index (χ1v) is 28.6. The van der Waals surface area contributed by atoms with Gasteiger partial charge in [-0.2, -0.15) is 15.8 Å². The number of hydrogen-bond donors (Lipinski definition) is 0. The van der Waals surface area contributed by atoms with E-state index in [-0.39, 0.29) is 0 Å². The van der Waals surface area contributed by atoms with Crippen LogP contribution in [-0.4, -0.2) is 0 Å². The van der Waals surface area contributed by atoms with Gasteiger partial charge >= 0.3 is 0 Å². The Balaban J connectivity index is -0.0000000975. The van der Waals surface area contributed by atoms with E-state index in [1.807, 2.05) is 166 Å². The molecular weight excluding hydrogens is 907 g/mol. The molecule has 3 nitrogen and oxygen atoms in total. The number of hydrogen-bond acceptors (Lipinski definition) is 3. The topological polar surface area (TPSA) is 71.4 Å². The summed E-state index contributed by atoms with van der Waals surface area (Å²) in [5.74, 6) is 0. The Bertz CT molecular complexity index is 2160. The molecule has 0 aromatic heterocycles. The van der Waals surface area contributed by atoms with Gasteiger partial charge in [-0.15, -0.1) is 0 Å². The maximum Gasteiger partial charge on any atom is 0.0587 e. The molecule has 0 aliphatic heterocycles. The Kier molecular flexibility index (Phi) is 88.8. The molecule has 414 valence electrons. The van der Waals surface area contributed by atoms with Crippen molar-refractivity contribution in [1.29, 1.82) is 15.8 Å². The molecule has 0 saturated carbocycles. The standard InChI is InChI=1S/3C14H10.3C2H3N.12C2H6/c3*1-3-7-13-11(5-1)9-10-12-6-2-4-8-14(12)13;3*1-2-3;12*1-2/h3*1-10H;3*1H3;12*1-2H3. The molecule has 0 saturated heterocycles. The summed E-state index contributed by atoms with van der Waals surface area (Å²) >= 11 is 0. The quantitative estimate of drug-likeness (QED) is 0.142. The van der Waals surface area contributed by atoms with Gasteiger partial charge in [-0.1, -0.05) is 348 Å². The van der Waals surface area contributed by atoms with Crippen molar-refractivity contribution >= 4 is 64.6 Å². The predicted octanol–water partition coefficient (Wildman–Crippen LogP) is 25.9. The molecule has 0 spiro atoms. The van der Waals surface area contributed by atoms with Crippen LogP contribution in [0.5, 0.6) is 0 Å². The maximum atomic E-state index is 7.32. The van der Waals surface area contributed by atoms with E-state index in [1.54, 1.807) is 18.2 Å². The molecule has 9 aromatic rings. The fourth-order valence-corrected chi connectivity index (χ4v) is 5.86. The summed E-state index contributed by atoms with van der Waals surface area (Å²) < 4.78 is 0. The van der Waals surface area contributed by atoms with Gasteiger partial charge in [0, 0.05) is 20.8 Å². The first-order valence-electron chi connectivity index (χ1n) is 28.6. The van der Waals surface area contributed by atoms with Crippen LogP contribution in [0.2, 0.25) is 0 Å². The van der Waals surface area contributed by atoms with Crippen LogP contribution in [0.15, 0.2) is 182 Å². The van der Waals surface area contributed by atoms with Crippen LogP contribution in [0, 0.1) is 34.0 Å².